The summed E-state index contributed by atoms with van der Waals surface area (Å²) in [5.41, 5.74) is 2.99. The largest absolute Gasteiger partial charge is 0.507 e. The first-order valence-corrected chi connectivity index (χ1v) is 9.47. The molecule has 0 aliphatic heterocycles. The van der Waals surface area contributed by atoms with Gasteiger partial charge in [-0.3, -0.25) is 4.79 Å². The van der Waals surface area contributed by atoms with Crippen molar-refractivity contribution in [3.05, 3.63) is 65.9 Å². The van der Waals surface area contributed by atoms with Gasteiger partial charge in [0, 0.05) is 6.42 Å². The van der Waals surface area contributed by atoms with Crippen molar-refractivity contribution in [1.82, 2.24) is 19.5 Å². The molecule has 2 heterocycles. The summed E-state index contributed by atoms with van der Waals surface area (Å²) in [6.45, 7) is 1.50. The van der Waals surface area contributed by atoms with E-state index in [1.807, 2.05) is 55.5 Å². The molecule has 0 saturated carbocycles. The molecule has 8 heteroatoms. The lowest BCUT2D eigenvalue weighted by molar-refractivity contribution is -0.144. The minimum Gasteiger partial charge on any atom is -0.507 e. The molecule has 0 fully saturated rings. The van der Waals surface area contributed by atoms with E-state index < -0.39 is 12.6 Å². The van der Waals surface area contributed by atoms with Crippen LogP contribution < -0.4 is 0 Å². The number of aliphatic hydroxyl groups is 1. The summed E-state index contributed by atoms with van der Waals surface area (Å²) in [6.07, 6.45) is 0.664. The number of aryl methyl sites for hydroxylation is 1. The number of hydrogen-bond acceptors (Lipinski definition) is 6. The highest BCUT2D eigenvalue weighted by Crippen LogP contribution is 2.19. The number of esters is 1. The number of hydrogen-bond donors (Lipinski definition) is 2. The molecule has 150 valence electrons. The Balaban J connectivity index is 1.51. The number of nitrogens with one attached hydrogen (secondary N) is 1. The van der Waals surface area contributed by atoms with Crippen LogP contribution in [0.15, 0.2) is 54.3 Å². The van der Waals surface area contributed by atoms with E-state index in [0.29, 0.717) is 11.9 Å². The molecule has 0 aliphatic rings. The fourth-order valence-electron chi connectivity index (χ4n) is 3.29. The topological polar surface area (TPSA) is 117 Å². The van der Waals surface area contributed by atoms with Crippen LogP contribution in [-0.4, -0.2) is 37.2 Å². The van der Waals surface area contributed by atoms with E-state index in [4.69, 9.17) is 4.74 Å². The standard InChI is InChI=1S/C22H19N5O3/c1-2-20-24-17-9-5-6-10-18(17)27(20)12-21(29)30-13-19(28)14(11-23)22-25-15-7-3-4-8-16(15)26-22/h3-10,28H,2,12-13H2,1H3,(H,25,26)/b19-14-. The van der Waals surface area contributed by atoms with Crippen LogP contribution in [0.5, 0.6) is 0 Å². The summed E-state index contributed by atoms with van der Waals surface area (Å²) in [5, 5.41) is 19.8. The predicted octanol–water partition coefficient (Wildman–Crippen LogP) is 3.51. The number of fused-ring (bicyclic) bond motifs is 2. The number of imidazole rings is 2. The zero-order valence-electron chi connectivity index (χ0n) is 16.3. The zero-order chi connectivity index (χ0) is 21.1. The minimum absolute atomic E-state index is 0.0382. The molecular weight excluding hydrogens is 382 g/mol. The van der Waals surface area contributed by atoms with Gasteiger partial charge in [-0.2, -0.15) is 5.26 Å². The van der Waals surface area contributed by atoms with Gasteiger partial charge in [0.1, 0.15) is 30.6 Å². The van der Waals surface area contributed by atoms with Crippen molar-refractivity contribution in [2.45, 2.75) is 19.9 Å². The number of rotatable bonds is 6. The number of carbonyl (C=O) groups excluding carboxylic acids is 1. The lowest BCUT2D eigenvalue weighted by atomic mass is 10.2. The molecule has 8 nitrogen and oxygen atoms in total. The summed E-state index contributed by atoms with van der Waals surface area (Å²) >= 11 is 0. The molecule has 0 aliphatic carbocycles. The molecule has 0 saturated heterocycles. The Hall–Kier alpha value is -4.12. The quantitative estimate of drug-likeness (QED) is 0.290. The first-order valence-electron chi connectivity index (χ1n) is 9.47. The lowest BCUT2D eigenvalue weighted by Crippen LogP contribution is -2.17. The van der Waals surface area contributed by atoms with E-state index in [1.165, 1.54) is 0 Å². The van der Waals surface area contributed by atoms with Crippen LogP contribution in [0.1, 0.15) is 18.6 Å². The van der Waals surface area contributed by atoms with E-state index in [0.717, 1.165) is 22.4 Å². The second kappa shape index (κ2) is 8.09. The van der Waals surface area contributed by atoms with E-state index in [9.17, 15) is 15.2 Å². The number of allylic oxidation sites excluding steroid dienone is 1. The van der Waals surface area contributed by atoms with Crippen molar-refractivity contribution in [1.29, 1.82) is 5.26 Å². The molecule has 4 rings (SSSR count). The maximum Gasteiger partial charge on any atom is 0.326 e. The van der Waals surface area contributed by atoms with Crippen molar-refractivity contribution in [3.8, 4) is 6.07 Å². The number of aromatic amines is 1. The van der Waals surface area contributed by atoms with Crippen molar-refractivity contribution in [2.24, 2.45) is 0 Å². The highest BCUT2D eigenvalue weighted by Gasteiger charge is 2.17. The molecule has 0 radical (unpaired) electrons. The van der Waals surface area contributed by atoms with Gasteiger partial charge in [0.2, 0.25) is 0 Å². The fourth-order valence-corrected chi connectivity index (χ4v) is 3.29. The summed E-state index contributed by atoms with van der Waals surface area (Å²) in [4.78, 5) is 24.2. The molecule has 0 amide bonds. The minimum atomic E-state index is -0.540. The van der Waals surface area contributed by atoms with Crippen molar-refractivity contribution >= 4 is 33.6 Å². The van der Waals surface area contributed by atoms with Gasteiger partial charge in [0.25, 0.3) is 0 Å². The second-order valence-electron chi connectivity index (χ2n) is 6.65. The maximum absolute atomic E-state index is 12.4. The van der Waals surface area contributed by atoms with Crippen LogP contribution in [0.4, 0.5) is 0 Å². The monoisotopic (exact) mass is 401 g/mol. The molecule has 0 bridgehead atoms. The number of aromatic nitrogens is 4. The summed E-state index contributed by atoms with van der Waals surface area (Å²) in [6, 6.07) is 16.7. The molecule has 30 heavy (non-hydrogen) atoms. The Morgan fingerprint density at radius 3 is 2.63 bits per heavy atom. The SMILES string of the molecule is CCc1nc2ccccc2n1CC(=O)OC/C(O)=C(\C#N)c1nc2ccccc2[nH]1. The van der Waals surface area contributed by atoms with Gasteiger partial charge in [-0.05, 0) is 24.3 Å². The Bertz CT molecular complexity index is 1280. The van der Waals surface area contributed by atoms with Crippen LogP contribution in [0.25, 0.3) is 27.6 Å². The number of H-pyrrole nitrogens is 1. The molecule has 2 N–H and O–H groups in total. The van der Waals surface area contributed by atoms with Crippen molar-refractivity contribution in [3.63, 3.8) is 0 Å². The van der Waals surface area contributed by atoms with Gasteiger partial charge in [0.15, 0.2) is 11.6 Å². The normalized spacial score (nSPS) is 12.0. The first kappa shape index (κ1) is 19.2. The highest BCUT2D eigenvalue weighted by molar-refractivity contribution is 5.83. The van der Waals surface area contributed by atoms with Crippen molar-refractivity contribution in [2.75, 3.05) is 6.61 Å². The Labute approximate surface area is 172 Å². The van der Waals surface area contributed by atoms with Gasteiger partial charge in [-0.1, -0.05) is 31.2 Å². The summed E-state index contributed by atoms with van der Waals surface area (Å²) in [7, 11) is 0. The van der Waals surface area contributed by atoms with Gasteiger partial charge < -0.3 is 19.4 Å². The third-order valence-corrected chi connectivity index (χ3v) is 4.73. The number of benzene rings is 2. The van der Waals surface area contributed by atoms with Crippen LogP contribution in [0, 0.1) is 11.3 Å². The number of ether oxygens (including phenoxy) is 1. The molecule has 4 aromatic rings. The lowest BCUT2D eigenvalue weighted by Gasteiger charge is -2.09. The van der Waals surface area contributed by atoms with Gasteiger partial charge in [0.05, 0.1) is 22.1 Å². The summed E-state index contributed by atoms with van der Waals surface area (Å²) < 4.78 is 7.01. The second-order valence-corrected chi connectivity index (χ2v) is 6.65. The number of para-hydroxylation sites is 4. The highest BCUT2D eigenvalue weighted by atomic mass is 16.5. The van der Waals surface area contributed by atoms with Crippen LogP contribution in [-0.2, 0) is 22.5 Å². The van der Waals surface area contributed by atoms with Crippen LogP contribution in [0.2, 0.25) is 0 Å². The first-order chi connectivity index (χ1) is 14.6. The number of carbonyl (C=O) groups is 1. The third kappa shape index (κ3) is 3.61. The van der Waals surface area contributed by atoms with Crippen LogP contribution >= 0.6 is 0 Å². The smallest absolute Gasteiger partial charge is 0.326 e. The van der Waals surface area contributed by atoms with E-state index in [-0.39, 0.29) is 23.7 Å². The zero-order valence-corrected chi connectivity index (χ0v) is 16.3. The van der Waals surface area contributed by atoms with E-state index in [1.54, 1.807) is 10.6 Å². The number of aliphatic hydroxyl groups excluding tert-OH is 1. The Morgan fingerprint density at radius 1 is 1.17 bits per heavy atom. The van der Waals surface area contributed by atoms with Crippen LogP contribution in [0.3, 0.4) is 0 Å². The third-order valence-electron chi connectivity index (χ3n) is 4.73. The molecule has 2 aromatic heterocycles. The van der Waals surface area contributed by atoms with Gasteiger partial charge in [-0.15, -0.1) is 0 Å². The molecular formula is C22H19N5O3. The molecule has 0 atom stereocenters. The molecule has 0 spiro atoms. The number of nitrogens with zero attached hydrogens (tertiary/aromatic N) is 4. The Kier molecular flexibility index (Phi) is 5.18. The van der Waals surface area contributed by atoms with Gasteiger partial charge >= 0.3 is 5.97 Å². The maximum atomic E-state index is 12.4. The Morgan fingerprint density at radius 2 is 1.90 bits per heavy atom. The molecule has 2 aromatic carbocycles. The predicted molar refractivity (Wildman–Crippen MR) is 111 cm³/mol. The van der Waals surface area contributed by atoms with Gasteiger partial charge in [-0.25, -0.2) is 9.97 Å². The molecule has 0 unspecified atom stereocenters. The number of nitriles is 1. The average Bonchev–Trinajstić information content (AvgIpc) is 3.34. The van der Waals surface area contributed by atoms with E-state index >= 15 is 0 Å². The fraction of sp³-hybridized carbons (Fsp3) is 0.182. The average molecular weight is 401 g/mol. The van der Waals surface area contributed by atoms with Crippen molar-refractivity contribution < 1.29 is 14.6 Å². The summed E-state index contributed by atoms with van der Waals surface area (Å²) in [5.74, 6) is 0.0893. The van der Waals surface area contributed by atoms with E-state index in [2.05, 4.69) is 15.0 Å².